The molecule has 132 valence electrons. The third kappa shape index (κ3) is 4.80. The first-order chi connectivity index (χ1) is 11.7. The van der Waals surface area contributed by atoms with Gasteiger partial charge in [0.2, 0.25) is 5.91 Å². The predicted octanol–water partition coefficient (Wildman–Crippen LogP) is 2.31. The molecule has 0 atom stereocenters. The summed E-state index contributed by atoms with van der Waals surface area (Å²) in [6, 6.07) is 10.5. The Labute approximate surface area is 145 Å². The van der Waals surface area contributed by atoms with Gasteiger partial charge in [-0.1, -0.05) is 6.07 Å². The van der Waals surface area contributed by atoms with Crippen LogP contribution in [0.2, 0.25) is 0 Å². The van der Waals surface area contributed by atoms with Crippen LogP contribution in [0.3, 0.4) is 0 Å². The molecule has 2 aromatic carbocycles. The first-order valence-electron chi connectivity index (χ1n) is 7.28. The number of anilines is 2. The van der Waals surface area contributed by atoms with E-state index < -0.39 is 15.7 Å². The van der Waals surface area contributed by atoms with E-state index in [-0.39, 0.29) is 16.4 Å². The summed E-state index contributed by atoms with van der Waals surface area (Å²) in [5, 5.41) is 5.27. The number of ether oxygens (including phenoxy) is 1. The Morgan fingerprint density at radius 3 is 2.36 bits per heavy atom. The molecule has 7 nitrogen and oxygen atoms in total. The van der Waals surface area contributed by atoms with Crippen molar-refractivity contribution in [3.8, 4) is 5.75 Å². The highest BCUT2D eigenvalue weighted by molar-refractivity contribution is 7.90. The number of methoxy groups -OCH3 is 1. The van der Waals surface area contributed by atoms with Crippen LogP contribution in [0.4, 0.5) is 11.4 Å². The number of nitrogens with one attached hydrogen (secondary N) is 2. The summed E-state index contributed by atoms with van der Waals surface area (Å²) >= 11 is 0. The number of carbonyl (C=O) groups is 2. The smallest absolute Gasteiger partial charge is 0.255 e. The average molecular weight is 362 g/mol. The molecular weight excluding hydrogens is 344 g/mol. The van der Waals surface area contributed by atoms with E-state index in [1.165, 1.54) is 38.3 Å². The Hall–Kier alpha value is -2.87. The van der Waals surface area contributed by atoms with Crippen LogP contribution in [-0.4, -0.2) is 33.6 Å². The van der Waals surface area contributed by atoms with Crippen molar-refractivity contribution in [1.82, 2.24) is 0 Å². The Morgan fingerprint density at radius 1 is 1.04 bits per heavy atom. The standard InChI is InChI=1S/C17H18N2O5S/c1-11(20)18-13-7-8-16(24-2)15(10-13)19-17(21)12-5-4-6-14(9-12)25(3,22)23/h4-10H,1-3H3,(H,18,20)(H,19,21). The molecule has 0 aromatic heterocycles. The number of benzene rings is 2. The van der Waals surface area contributed by atoms with E-state index >= 15 is 0 Å². The fraction of sp³-hybridized carbons (Fsp3) is 0.176. The third-order valence-electron chi connectivity index (χ3n) is 3.29. The Morgan fingerprint density at radius 2 is 1.76 bits per heavy atom. The monoisotopic (exact) mass is 362 g/mol. The second-order valence-corrected chi connectivity index (χ2v) is 7.37. The maximum Gasteiger partial charge on any atom is 0.255 e. The first-order valence-corrected chi connectivity index (χ1v) is 9.17. The molecule has 0 aliphatic rings. The van der Waals surface area contributed by atoms with Crippen LogP contribution >= 0.6 is 0 Å². The van der Waals surface area contributed by atoms with Gasteiger partial charge in [-0.25, -0.2) is 8.42 Å². The predicted molar refractivity (Wildman–Crippen MR) is 94.8 cm³/mol. The SMILES string of the molecule is COc1ccc(NC(C)=O)cc1NC(=O)c1cccc(S(C)(=O)=O)c1. The Bertz CT molecular complexity index is 922. The van der Waals surface area contributed by atoms with Crippen molar-refractivity contribution in [3.05, 3.63) is 48.0 Å². The van der Waals surface area contributed by atoms with Gasteiger partial charge in [-0.15, -0.1) is 0 Å². The molecule has 0 aliphatic carbocycles. The molecule has 0 fully saturated rings. The lowest BCUT2D eigenvalue weighted by Crippen LogP contribution is -2.14. The van der Waals surface area contributed by atoms with Crippen molar-refractivity contribution in [2.75, 3.05) is 24.0 Å². The number of amides is 2. The van der Waals surface area contributed by atoms with E-state index in [4.69, 9.17) is 4.74 Å². The van der Waals surface area contributed by atoms with Gasteiger partial charge >= 0.3 is 0 Å². The van der Waals surface area contributed by atoms with Crippen LogP contribution in [0, 0.1) is 0 Å². The molecule has 2 N–H and O–H groups in total. The molecule has 2 amide bonds. The van der Waals surface area contributed by atoms with Crippen LogP contribution < -0.4 is 15.4 Å². The molecule has 2 rings (SSSR count). The lowest BCUT2D eigenvalue weighted by atomic mass is 10.2. The van der Waals surface area contributed by atoms with Gasteiger partial charge in [-0.05, 0) is 36.4 Å². The van der Waals surface area contributed by atoms with E-state index in [2.05, 4.69) is 10.6 Å². The molecule has 0 bridgehead atoms. The zero-order valence-electron chi connectivity index (χ0n) is 14.0. The zero-order valence-corrected chi connectivity index (χ0v) is 14.8. The molecule has 0 saturated carbocycles. The largest absolute Gasteiger partial charge is 0.495 e. The van der Waals surface area contributed by atoms with E-state index in [9.17, 15) is 18.0 Å². The minimum Gasteiger partial charge on any atom is -0.495 e. The van der Waals surface area contributed by atoms with Gasteiger partial charge in [0.25, 0.3) is 5.91 Å². The van der Waals surface area contributed by atoms with Gasteiger partial charge in [0.15, 0.2) is 9.84 Å². The van der Waals surface area contributed by atoms with Crippen molar-refractivity contribution < 1.29 is 22.7 Å². The van der Waals surface area contributed by atoms with Gasteiger partial charge in [0.1, 0.15) is 5.75 Å². The number of carbonyl (C=O) groups excluding carboxylic acids is 2. The number of rotatable bonds is 5. The Kier molecular flexibility index (Phi) is 5.43. The summed E-state index contributed by atoms with van der Waals surface area (Å²) in [4.78, 5) is 23.7. The molecule has 25 heavy (non-hydrogen) atoms. The molecule has 0 aliphatic heterocycles. The fourth-order valence-electron chi connectivity index (χ4n) is 2.15. The number of hydrogen-bond donors (Lipinski definition) is 2. The van der Waals surface area contributed by atoms with Gasteiger partial charge in [-0.3, -0.25) is 9.59 Å². The van der Waals surface area contributed by atoms with Crippen molar-refractivity contribution in [3.63, 3.8) is 0 Å². The van der Waals surface area contributed by atoms with Crippen LogP contribution in [0.5, 0.6) is 5.75 Å². The van der Waals surface area contributed by atoms with Crippen molar-refractivity contribution in [1.29, 1.82) is 0 Å². The van der Waals surface area contributed by atoms with Crippen molar-refractivity contribution >= 4 is 33.0 Å². The van der Waals surface area contributed by atoms with E-state index in [1.54, 1.807) is 18.2 Å². The average Bonchev–Trinajstić information content (AvgIpc) is 2.54. The summed E-state index contributed by atoms with van der Waals surface area (Å²) in [7, 11) is -1.97. The van der Waals surface area contributed by atoms with Crippen molar-refractivity contribution in [2.24, 2.45) is 0 Å². The fourth-order valence-corrected chi connectivity index (χ4v) is 2.82. The van der Waals surface area contributed by atoms with Crippen LogP contribution in [0.15, 0.2) is 47.4 Å². The van der Waals surface area contributed by atoms with Crippen LogP contribution in [-0.2, 0) is 14.6 Å². The van der Waals surface area contributed by atoms with E-state index in [1.807, 2.05) is 0 Å². The molecule has 0 unspecified atom stereocenters. The van der Waals surface area contributed by atoms with Crippen LogP contribution in [0.25, 0.3) is 0 Å². The summed E-state index contributed by atoms with van der Waals surface area (Å²) in [5.74, 6) is -0.339. The topological polar surface area (TPSA) is 102 Å². The third-order valence-corrected chi connectivity index (χ3v) is 4.40. The second kappa shape index (κ2) is 7.35. The Balaban J connectivity index is 2.32. The minimum absolute atomic E-state index is 0.0547. The highest BCUT2D eigenvalue weighted by Crippen LogP contribution is 2.28. The summed E-state index contributed by atoms with van der Waals surface area (Å²) < 4.78 is 28.4. The molecular formula is C17H18N2O5S. The maximum absolute atomic E-state index is 12.4. The molecule has 8 heteroatoms. The first kappa shape index (κ1) is 18.5. The summed E-state index contributed by atoms with van der Waals surface area (Å²) in [5.41, 5.74) is 1.03. The normalized spacial score (nSPS) is 10.8. The van der Waals surface area contributed by atoms with E-state index in [0.29, 0.717) is 17.1 Å². The molecule has 0 saturated heterocycles. The highest BCUT2D eigenvalue weighted by atomic mass is 32.2. The van der Waals surface area contributed by atoms with Crippen molar-refractivity contribution in [2.45, 2.75) is 11.8 Å². The summed E-state index contributed by atoms with van der Waals surface area (Å²) in [6.07, 6.45) is 1.07. The second-order valence-electron chi connectivity index (χ2n) is 5.35. The number of hydrogen-bond acceptors (Lipinski definition) is 5. The molecule has 0 radical (unpaired) electrons. The quantitative estimate of drug-likeness (QED) is 0.850. The zero-order chi connectivity index (χ0) is 18.6. The minimum atomic E-state index is -3.42. The molecule has 0 heterocycles. The molecule has 0 spiro atoms. The lowest BCUT2D eigenvalue weighted by molar-refractivity contribution is -0.114. The van der Waals surface area contributed by atoms with E-state index in [0.717, 1.165) is 6.26 Å². The van der Waals surface area contributed by atoms with Gasteiger partial charge in [-0.2, -0.15) is 0 Å². The van der Waals surface area contributed by atoms with Gasteiger partial charge < -0.3 is 15.4 Å². The lowest BCUT2D eigenvalue weighted by Gasteiger charge is -2.12. The number of sulfone groups is 1. The van der Waals surface area contributed by atoms with Crippen LogP contribution in [0.1, 0.15) is 17.3 Å². The summed E-state index contributed by atoms with van der Waals surface area (Å²) in [6.45, 7) is 1.37. The maximum atomic E-state index is 12.4. The van der Waals surface area contributed by atoms with Gasteiger partial charge in [0, 0.05) is 24.4 Å². The van der Waals surface area contributed by atoms with Gasteiger partial charge in [0.05, 0.1) is 17.7 Å². The molecule has 2 aromatic rings. The highest BCUT2D eigenvalue weighted by Gasteiger charge is 2.14.